The molecule has 24 heavy (non-hydrogen) atoms. The van der Waals surface area contributed by atoms with Crippen LogP contribution in [0.1, 0.15) is 33.8 Å². The maximum Gasteiger partial charge on any atom is 0.416 e. The Morgan fingerprint density at radius 1 is 1.00 bits per heavy atom. The van der Waals surface area contributed by atoms with Gasteiger partial charge in [0, 0.05) is 5.56 Å². The number of rotatable bonds is 5. The molecule has 0 N–H and O–H groups in total. The van der Waals surface area contributed by atoms with Crippen molar-refractivity contribution < 1.29 is 27.5 Å². The van der Waals surface area contributed by atoms with Crippen molar-refractivity contribution in [1.82, 2.24) is 0 Å². The first-order chi connectivity index (χ1) is 11.3. The molecule has 0 aromatic heterocycles. The highest BCUT2D eigenvalue weighted by Crippen LogP contribution is 2.30. The number of hydrogen-bond acceptors (Lipinski definition) is 3. The van der Waals surface area contributed by atoms with E-state index < -0.39 is 29.4 Å². The van der Waals surface area contributed by atoms with E-state index in [9.17, 15) is 22.8 Å². The summed E-state index contributed by atoms with van der Waals surface area (Å²) >= 11 is 0. The van der Waals surface area contributed by atoms with Crippen molar-refractivity contribution in [3.8, 4) is 0 Å². The Morgan fingerprint density at radius 2 is 1.58 bits per heavy atom. The minimum atomic E-state index is -4.47. The summed E-state index contributed by atoms with van der Waals surface area (Å²) < 4.78 is 42.5. The van der Waals surface area contributed by atoms with Gasteiger partial charge >= 0.3 is 12.1 Å². The molecule has 0 fully saturated rings. The standard InChI is InChI=1S/C18H15F3O3/c1-24-16(22)11-15(12-5-3-2-4-6-12)17(23)13-7-9-14(10-8-13)18(19,20)21/h2-10,15H,11H2,1H3. The molecular formula is C18H15F3O3. The number of benzene rings is 2. The van der Waals surface area contributed by atoms with E-state index in [1.54, 1.807) is 30.3 Å². The van der Waals surface area contributed by atoms with E-state index in [4.69, 9.17) is 0 Å². The third-order valence-electron chi connectivity index (χ3n) is 3.61. The van der Waals surface area contributed by atoms with E-state index >= 15 is 0 Å². The first-order valence-corrected chi connectivity index (χ1v) is 7.16. The molecule has 6 heteroatoms. The van der Waals surface area contributed by atoms with Gasteiger partial charge in [0.15, 0.2) is 5.78 Å². The number of carbonyl (C=O) groups is 2. The molecule has 1 atom stereocenters. The molecule has 0 bridgehead atoms. The van der Waals surface area contributed by atoms with Crippen LogP contribution in [-0.2, 0) is 15.7 Å². The molecule has 0 aliphatic carbocycles. The fourth-order valence-corrected chi connectivity index (χ4v) is 2.32. The van der Waals surface area contributed by atoms with Gasteiger partial charge in [0.25, 0.3) is 0 Å². The predicted octanol–water partition coefficient (Wildman–Crippen LogP) is 4.24. The summed E-state index contributed by atoms with van der Waals surface area (Å²) in [5, 5.41) is 0. The Hall–Kier alpha value is -2.63. The number of esters is 1. The minimum absolute atomic E-state index is 0.112. The number of ether oxygens (including phenoxy) is 1. The molecule has 126 valence electrons. The molecule has 2 aromatic carbocycles. The largest absolute Gasteiger partial charge is 0.469 e. The smallest absolute Gasteiger partial charge is 0.416 e. The lowest BCUT2D eigenvalue weighted by Gasteiger charge is -2.16. The van der Waals surface area contributed by atoms with Crippen molar-refractivity contribution in [3.05, 3.63) is 71.3 Å². The van der Waals surface area contributed by atoms with Crippen LogP contribution in [-0.4, -0.2) is 18.9 Å². The first kappa shape index (κ1) is 17.7. The molecule has 0 saturated heterocycles. The van der Waals surface area contributed by atoms with Gasteiger partial charge in [-0.1, -0.05) is 42.5 Å². The van der Waals surface area contributed by atoms with E-state index in [1.807, 2.05) is 0 Å². The molecule has 0 amide bonds. The normalized spacial score (nSPS) is 12.5. The van der Waals surface area contributed by atoms with E-state index in [0.717, 1.165) is 24.3 Å². The van der Waals surface area contributed by atoms with Crippen molar-refractivity contribution in [2.24, 2.45) is 0 Å². The monoisotopic (exact) mass is 336 g/mol. The highest BCUT2D eigenvalue weighted by atomic mass is 19.4. The number of ketones is 1. The number of Topliss-reactive ketones (excluding diaryl/α,β-unsaturated/α-hetero) is 1. The van der Waals surface area contributed by atoms with Gasteiger partial charge in [-0.3, -0.25) is 9.59 Å². The minimum Gasteiger partial charge on any atom is -0.469 e. The van der Waals surface area contributed by atoms with Gasteiger partial charge in [0.2, 0.25) is 0 Å². The van der Waals surface area contributed by atoms with E-state index in [-0.39, 0.29) is 12.0 Å². The third-order valence-corrected chi connectivity index (χ3v) is 3.61. The average molecular weight is 336 g/mol. The van der Waals surface area contributed by atoms with Crippen molar-refractivity contribution in [2.45, 2.75) is 18.5 Å². The number of methoxy groups -OCH3 is 1. The zero-order valence-electron chi connectivity index (χ0n) is 12.8. The number of halogens is 3. The summed E-state index contributed by atoms with van der Waals surface area (Å²) in [6.45, 7) is 0. The molecule has 0 radical (unpaired) electrons. The molecule has 0 aliphatic rings. The molecule has 2 rings (SSSR count). The lowest BCUT2D eigenvalue weighted by atomic mass is 9.88. The van der Waals surface area contributed by atoms with E-state index in [1.165, 1.54) is 7.11 Å². The van der Waals surface area contributed by atoms with Crippen LogP contribution in [0.15, 0.2) is 54.6 Å². The van der Waals surface area contributed by atoms with Gasteiger partial charge in [0.1, 0.15) is 0 Å². The summed E-state index contributed by atoms with van der Waals surface area (Å²) in [5.74, 6) is -1.81. The van der Waals surface area contributed by atoms with Crippen LogP contribution in [0.4, 0.5) is 13.2 Å². The number of carbonyl (C=O) groups excluding carboxylic acids is 2. The maximum atomic E-state index is 12.7. The quantitative estimate of drug-likeness (QED) is 0.606. The van der Waals surface area contributed by atoms with Crippen LogP contribution < -0.4 is 0 Å². The van der Waals surface area contributed by atoms with Crippen molar-refractivity contribution in [1.29, 1.82) is 0 Å². The Balaban J connectivity index is 2.32. The van der Waals surface area contributed by atoms with Gasteiger partial charge in [-0.2, -0.15) is 13.2 Å². The van der Waals surface area contributed by atoms with Gasteiger partial charge in [-0.05, 0) is 17.7 Å². The van der Waals surface area contributed by atoms with Gasteiger partial charge in [-0.25, -0.2) is 0 Å². The van der Waals surface area contributed by atoms with Crippen LogP contribution in [0.3, 0.4) is 0 Å². The van der Waals surface area contributed by atoms with Crippen LogP contribution in [0, 0.1) is 0 Å². The van der Waals surface area contributed by atoms with Gasteiger partial charge in [-0.15, -0.1) is 0 Å². The van der Waals surface area contributed by atoms with Crippen LogP contribution in [0.2, 0.25) is 0 Å². The lowest BCUT2D eigenvalue weighted by Crippen LogP contribution is -2.18. The van der Waals surface area contributed by atoms with Crippen molar-refractivity contribution in [3.63, 3.8) is 0 Å². The SMILES string of the molecule is COC(=O)CC(C(=O)c1ccc(C(F)(F)F)cc1)c1ccccc1. The highest BCUT2D eigenvalue weighted by molar-refractivity contribution is 6.02. The molecule has 0 aliphatic heterocycles. The summed E-state index contributed by atoms with van der Waals surface area (Å²) in [7, 11) is 1.22. The predicted molar refractivity (Wildman–Crippen MR) is 81.6 cm³/mol. The average Bonchev–Trinajstić information content (AvgIpc) is 2.59. The second kappa shape index (κ2) is 7.29. The lowest BCUT2D eigenvalue weighted by molar-refractivity contribution is -0.141. The third kappa shape index (κ3) is 4.22. The zero-order chi connectivity index (χ0) is 17.7. The molecule has 2 aromatic rings. The summed E-state index contributed by atoms with van der Waals surface area (Å²) in [6.07, 6.45) is -4.65. The van der Waals surface area contributed by atoms with E-state index in [2.05, 4.69) is 4.74 Å². The van der Waals surface area contributed by atoms with Crippen LogP contribution in [0.25, 0.3) is 0 Å². The molecule has 0 spiro atoms. The molecule has 0 saturated carbocycles. The Morgan fingerprint density at radius 3 is 2.08 bits per heavy atom. The highest BCUT2D eigenvalue weighted by Gasteiger charge is 2.31. The molecule has 3 nitrogen and oxygen atoms in total. The van der Waals surface area contributed by atoms with Crippen molar-refractivity contribution in [2.75, 3.05) is 7.11 Å². The van der Waals surface area contributed by atoms with Crippen LogP contribution in [0.5, 0.6) is 0 Å². The molecule has 0 heterocycles. The molecule has 1 unspecified atom stereocenters. The Labute approximate surface area is 137 Å². The second-order valence-electron chi connectivity index (χ2n) is 5.18. The first-order valence-electron chi connectivity index (χ1n) is 7.16. The topological polar surface area (TPSA) is 43.4 Å². The number of alkyl halides is 3. The van der Waals surface area contributed by atoms with E-state index in [0.29, 0.717) is 5.56 Å². The fraction of sp³-hybridized carbons (Fsp3) is 0.222. The molecular weight excluding hydrogens is 321 g/mol. The second-order valence-corrected chi connectivity index (χ2v) is 5.18. The number of hydrogen-bond donors (Lipinski definition) is 0. The van der Waals surface area contributed by atoms with Crippen LogP contribution >= 0.6 is 0 Å². The zero-order valence-corrected chi connectivity index (χ0v) is 12.8. The van der Waals surface area contributed by atoms with Crippen molar-refractivity contribution >= 4 is 11.8 Å². The summed E-state index contributed by atoms with van der Waals surface area (Å²) in [5.41, 5.74) is -0.114. The summed E-state index contributed by atoms with van der Waals surface area (Å²) in [4.78, 5) is 24.3. The summed E-state index contributed by atoms with van der Waals surface area (Å²) in [6, 6.07) is 12.5. The van der Waals surface area contributed by atoms with Gasteiger partial charge in [0.05, 0.1) is 25.0 Å². The fourth-order valence-electron chi connectivity index (χ4n) is 2.32. The maximum absolute atomic E-state index is 12.7. The Kier molecular flexibility index (Phi) is 5.39. The van der Waals surface area contributed by atoms with Gasteiger partial charge < -0.3 is 4.74 Å². The Bertz CT molecular complexity index is 707.